The first-order valence-corrected chi connectivity index (χ1v) is 12.0. The average Bonchev–Trinajstić information content (AvgIpc) is 2.89. The number of piperazine rings is 1. The highest BCUT2D eigenvalue weighted by Crippen LogP contribution is 2.31. The minimum absolute atomic E-state index is 0.215. The van der Waals surface area contributed by atoms with Gasteiger partial charge >= 0.3 is 0 Å². The van der Waals surface area contributed by atoms with E-state index in [1.54, 1.807) is 42.7 Å². The summed E-state index contributed by atoms with van der Waals surface area (Å²) < 4.78 is 28.4. The summed E-state index contributed by atoms with van der Waals surface area (Å²) in [6, 6.07) is 14.4. The van der Waals surface area contributed by atoms with Gasteiger partial charge in [0.2, 0.25) is 0 Å². The maximum Gasteiger partial charge on any atom is 0.132 e. The Balaban J connectivity index is 1.12. The Morgan fingerprint density at radius 1 is 0.706 bits per heavy atom. The third kappa shape index (κ3) is 3.84. The molecule has 6 rings (SSSR count). The Morgan fingerprint density at radius 3 is 2.21 bits per heavy atom. The molecule has 0 amide bonds. The number of hydrogen-bond acceptors (Lipinski definition) is 5. The molecule has 2 aromatic carbocycles. The largest absolute Gasteiger partial charge is 0.370 e. The predicted octanol–water partition coefficient (Wildman–Crippen LogP) is 4.85. The fraction of sp³-hybridized carbons (Fsp3) is 0.333. The summed E-state index contributed by atoms with van der Waals surface area (Å²) in [5.74, 6) is -0.436. The first-order chi connectivity index (χ1) is 16.7. The van der Waals surface area contributed by atoms with Crippen molar-refractivity contribution in [2.45, 2.75) is 18.9 Å². The maximum absolute atomic E-state index is 14.2. The molecule has 0 N–H and O–H groups in total. The van der Waals surface area contributed by atoms with Gasteiger partial charge < -0.3 is 9.80 Å². The standard InChI is InChI=1S/C27H27F2N5/c28-20-17-19-3-1-9-30-26(19)25(18-20)34-15-13-32(14-16-34)21-7-11-33(12-8-21)24-6-5-23(29)22-4-2-10-31-27(22)24/h1-6,9-10,17-18,21H,7-8,11-16H2. The van der Waals surface area contributed by atoms with E-state index in [0.29, 0.717) is 11.4 Å². The molecule has 4 aromatic rings. The molecular formula is C27H27F2N5. The molecule has 0 unspecified atom stereocenters. The molecule has 2 fully saturated rings. The van der Waals surface area contributed by atoms with Crippen molar-refractivity contribution in [2.75, 3.05) is 49.1 Å². The summed E-state index contributed by atoms with van der Waals surface area (Å²) in [7, 11) is 0. The third-order valence-electron chi connectivity index (χ3n) is 7.32. The van der Waals surface area contributed by atoms with Crippen molar-refractivity contribution >= 4 is 33.2 Å². The zero-order valence-electron chi connectivity index (χ0n) is 19.0. The fourth-order valence-corrected chi connectivity index (χ4v) is 5.56. The summed E-state index contributed by atoms with van der Waals surface area (Å²) >= 11 is 0. The SMILES string of the molecule is Fc1cc(N2CCN(C3CCN(c4ccc(F)c5cccnc45)CC3)CC2)c2ncccc2c1. The molecular weight excluding hydrogens is 432 g/mol. The van der Waals surface area contributed by atoms with Crippen LogP contribution in [0.15, 0.2) is 60.9 Å². The first kappa shape index (κ1) is 21.2. The second-order valence-corrected chi connectivity index (χ2v) is 9.21. The Kier molecular flexibility index (Phi) is 5.49. The van der Waals surface area contributed by atoms with E-state index in [0.717, 1.165) is 79.9 Å². The van der Waals surface area contributed by atoms with Gasteiger partial charge in [-0.05, 0) is 55.3 Å². The monoisotopic (exact) mass is 459 g/mol. The predicted molar refractivity (Wildman–Crippen MR) is 132 cm³/mol. The smallest absolute Gasteiger partial charge is 0.132 e. The topological polar surface area (TPSA) is 35.5 Å². The van der Waals surface area contributed by atoms with Gasteiger partial charge in [-0.15, -0.1) is 0 Å². The van der Waals surface area contributed by atoms with Gasteiger partial charge in [-0.2, -0.15) is 0 Å². The summed E-state index contributed by atoms with van der Waals surface area (Å²) in [6.07, 6.45) is 5.63. The van der Waals surface area contributed by atoms with Crippen LogP contribution in [-0.2, 0) is 0 Å². The fourth-order valence-electron chi connectivity index (χ4n) is 5.56. The molecule has 0 bridgehead atoms. The van der Waals surface area contributed by atoms with Gasteiger partial charge in [0.25, 0.3) is 0 Å². The zero-order valence-corrected chi connectivity index (χ0v) is 19.0. The Labute approximate surface area is 197 Å². The summed E-state index contributed by atoms with van der Waals surface area (Å²) in [4.78, 5) is 16.2. The Morgan fingerprint density at radius 2 is 1.41 bits per heavy atom. The molecule has 2 aromatic heterocycles. The van der Waals surface area contributed by atoms with Gasteiger partial charge in [0.15, 0.2) is 0 Å². The molecule has 2 aliphatic heterocycles. The van der Waals surface area contributed by atoms with E-state index in [1.807, 2.05) is 18.2 Å². The van der Waals surface area contributed by atoms with Crippen molar-refractivity contribution in [2.24, 2.45) is 0 Å². The molecule has 7 heteroatoms. The van der Waals surface area contributed by atoms with Crippen LogP contribution in [0.5, 0.6) is 0 Å². The van der Waals surface area contributed by atoms with Gasteiger partial charge in [-0.25, -0.2) is 8.78 Å². The molecule has 2 saturated heterocycles. The number of rotatable bonds is 3. The quantitative estimate of drug-likeness (QED) is 0.438. The number of pyridine rings is 2. The van der Waals surface area contributed by atoms with Crippen LogP contribution in [-0.4, -0.2) is 60.2 Å². The Hall–Kier alpha value is -3.32. The number of piperidine rings is 1. The lowest BCUT2D eigenvalue weighted by Crippen LogP contribution is -2.53. The molecule has 0 spiro atoms. The van der Waals surface area contributed by atoms with Crippen LogP contribution in [0.1, 0.15) is 12.8 Å². The molecule has 0 saturated carbocycles. The highest BCUT2D eigenvalue weighted by molar-refractivity contribution is 5.92. The van der Waals surface area contributed by atoms with Gasteiger partial charge in [-0.3, -0.25) is 14.9 Å². The highest BCUT2D eigenvalue weighted by Gasteiger charge is 2.29. The van der Waals surface area contributed by atoms with Crippen molar-refractivity contribution in [3.8, 4) is 0 Å². The van der Waals surface area contributed by atoms with Crippen LogP contribution in [0, 0.1) is 11.6 Å². The number of fused-ring (bicyclic) bond motifs is 2. The molecule has 4 heterocycles. The van der Waals surface area contributed by atoms with Gasteiger partial charge in [0.1, 0.15) is 11.6 Å². The molecule has 2 aliphatic rings. The Bertz CT molecular complexity index is 1330. The van der Waals surface area contributed by atoms with E-state index in [2.05, 4.69) is 24.7 Å². The minimum Gasteiger partial charge on any atom is -0.370 e. The van der Waals surface area contributed by atoms with Gasteiger partial charge in [0, 0.05) is 68.5 Å². The van der Waals surface area contributed by atoms with Crippen molar-refractivity contribution in [3.63, 3.8) is 0 Å². The van der Waals surface area contributed by atoms with Gasteiger partial charge in [-0.1, -0.05) is 6.07 Å². The van der Waals surface area contributed by atoms with Crippen LogP contribution in [0.25, 0.3) is 21.8 Å². The van der Waals surface area contributed by atoms with E-state index in [1.165, 1.54) is 0 Å². The van der Waals surface area contributed by atoms with E-state index < -0.39 is 0 Å². The number of anilines is 2. The van der Waals surface area contributed by atoms with E-state index in [-0.39, 0.29) is 11.6 Å². The average molecular weight is 460 g/mol. The molecule has 0 radical (unpaired) electrons. The van der Waals surface area contributed by atoms with Crippen LogP contribution in [0.3, 0.4) is 0 Å². The van der Waals surface area contributed by atoms with Gasteiger partial charge in [0.05, 0.1) is 22.4 Å². The van der Waals surface area contributed by atoms with Crippen LogP contribution < -0.4 is 9.80 Å². The number of aromatic nitrogens is 2. The molecule has 0 aliphatic carbocycles. The van der Waals surface area contributed by atoms with E-state index in [4.69, 9.17) is 0 Å². The van der Waals surface area contributed by atoms with E-state index in [9.17, 15) is 8.78 Å². The van der Waals surface area contributed by atoms with Crippen molar-refractivity contribution in [1.82, 2.24) is 14.9 Å². The molecule has 0 atom stereocenters. The summed E-state index contributed by atoms with van der Waals surface area (Å²) in [6.45, 7) is 5.50. The van der Waals surface area contributed by atoms with Crippen molar-refractivity contribution in [3.05, 3.63) is 72.6 Å². The third-order valence-corrected chi connectivity index (χ3v) is 7.32. The lowest BCUT2D eigenvalue weighted by Gasteiger charge is -2.44. The second-order valence-electron chi connectivity index (χ2n) is 9.21. The minimum atomic E-state index is -0.221. The molecule has 174 valence electrons. The molecule has 5 nitrogen and oxygen atoms in total. The normalized spacial score (nSPS) is 18.2. The maximum atomic E-state index is 14.2. The highest BCUT2D eigenvalue weighted by atomic mass is 19.1. The first-order valence-electron chi connectivity index (χ1n) is 12.0. The second kappa shape index (κ2) is 8.80. The van der Waals surface area contributed by atoms with Crippen LogP contribution in [0.4, 0.5) is 20.2 Å². The number of hydrogen-bond donors (Lipinski definition) is 0. The number of halogens is 2. The van der Waals surface area contributed by atoms with E-state index >= 15 is 0 Å². The summed E-state index contributed by atoms with van der Waals surface area (Å²) in [5.41, 5.74) is 3.52. The van der Waals surface area contributed by atoms with Crippen molar-refractivity contribution < 1.29 is 8.78 Å². The number of benzene rings is 2. The zero-order chi connectivity index (χ0) is 23.1. The van der Waals surface area contributed by atoms with Crippen LogP contribution >= 0.6 is 0 Å². The van der Waals surface area contributed by atoms with Crippen molar-refractivity contribution in [1.29, 1.82) is 0 Å². The summed E-state index contributed by atoms with van der Waals surface area (Å²) in [5, 5.41) is 1.42. The molecule has 34 heavy (non-hydrogen) atoms. The lowest BCUT2D eigenvalue weighted by molar-refractivity contribution is 0.160. The van der Waals surface area contributed by atoms with Crippen LogP contribution in [0.2, 0.25) is 0 Å². The lowest BCUT2D eigenvalue weighted by atomic mass is 10.0. The number of nitrogens with zero attached hydrogens (tertiary/aromatic N) is 5.